The number of halogens is 2. The lowest BCUT2D eigenvalue weighted by molar-refractivity contribution is 0.193. The molecule has 11 heavy (non-hydrogen) atoms. The molecule has 0 N–H and O–H groups in total. The van der Waals surface area contributed by atoms with Crippen LogP contribution in [0, 0.1) is 0 Å². The maximum Gasteiger partial charge on any atom is 0.0665 e. The standard InChI is InChI=1S/C8H12Cl2O/c1-7(9)3-5-11-6-4-8(2)10/h3-4H,5-6H2,1-2H3/b7-3-,8-4+. The van der Waals surface area contributed by atoms with Crippen molar-refractivity contribution in [2.24, 2.45) is 0 Å². The molecule has 0 aliphatic carbocycles. The molecule has 0 atom stereocenters. The van der Waals surface area contributed by atoms with Gasteiger partial charge in [-0.2, -0.15) is 0 Å². The molecular formula is C8H12Cl2O. The van der Waals surface area contributed by atoms with Gasteiger partial charge in [0.25, 0.3) is 0 Å². The van der Waals surface area contributed by atoms with E-state index in [1.165, 1.54) is 0 Å². The topological polar surface area (TPSA) is 9.23 Å². The predicted octanol–water partition coefficient (Wildman–Crippen LogP) is 3.29. The number of hydrogen-bond acceptors (Lipinski definition) is 1. The molecule has 0 amide bonds. The van der Waals surface area contributed by atoms with Crippen LogP contribution in [0.2, 0.25) is 0 Å². The third-order valence-electron chi connectivity index (χ3n) is 0.965. The Labute approximate surface area is 77.6 Å². The molecule has 0 radical (unpaired) electrons. The average molecular weight is 195 g/mol. The van der Waals surface area contributed by atoms with Gasteiger partial charge in [-0.25, -0.2) is 0 Å². The monoisotopic (exact) mass is 194 g/mol. The zero-order valence-corrected chi connectivity index (χ0v) is 8.24. The number of hydrogen-bond donors (Lipinski definition) is 0. The largest absolute Gasteiger partial charge is 0.373 e. The SMILES string of the molecule is C/C(Cl)=C/COC/C=C(\C)Cl. The van der Waals surface area contributed by atoms with Crippen molar-refractivity contribution < 1.29 is 4.74 Å². The van der Waals surface area contributed by atoms with E-state index in [1.807, 2.05) is 13.8 Å². The van der Waals surface area contributed by atoms with Crippen LogP contribution in [0.1, 0.15) is 13.8 Å². The van der Waals surface area contributed by atoms with Crippen LogP contribution in [-0.4, -0.2) is 13.2 Å². The molecule has 0 bridgehead atoms. The normalized spacial score (nSPS) is 13.8. The zero-order valence-electron chi connectivity index (χ0n) is 6.73. The molecule has 0 aromatic carbocycles. The van der Waals surface area contributed by atoms with Crippen molar-refractivity contribution in [3.05, 3.63) is 22.2 Å². The molecule has 64 valence electrons. The van der Waals surface area contributed by atoms with Crippen LogP contribution in [-0.2, 0) is 4.74 Å². The lowest BCUT2D eigenvalue weighted by atomic mass is 10.5. The minimum atomic E-state index is 0.538. The van der Waals surface area contributed by atoms with E-state index >= 15 is 0 Å². The zero-order chi connectivity index (χ0) is 8.69. The van der Waals surface area contributed by atoms with Gasteiger partial charge in [-0.15, -0.1) is 0 Å². The molecule has 0 saturated carbocycles. The summed E-state index contributed by atoms with van der Waals surface area (Å²) in [5.41, 5.74) is 0. The van der Waals surface area contributed by atoms with E-state index < -0.39 is 0 Å². The fourth-order valence-electron chi connectivity index (χ4n) is 0.416. The Morgan fingerprint density at radius 3 is 1.73 bits per heavy atom. The third kappa shape index (κ3) is 10.0. The van der Waals surface area contributed by atoms with Gasteiger partial charge in [-0.1, -0.05) is 23.2 Å². The highest BCUT2D eigenvalue weighted by Crippen LogP contribution is 1.99. The maximum atomic E-state index is 5.56. The molecule has 0 aliphatic rings. The molecule has 0 unspecified atom stereocenters. The first kappa shape index (κ1) is 11.0. The van der Waals surface area contributed by atoms with Gasteiger partial charge in [0, 0.05) is 10.1 Å². The first-order valence-electron chi connectivity index (χ1n) is 3.35. The average Bonchev–Trinajstić information content (AvgIpc) is 1.85. The van der Waals surface area contributed by atoms with Gasteiger partial charge in [0.1, 0.15) is 0 Å². The van der Waals surface area contributed by atoms with Gasteiger partial charge in [0.05, 0.1) is 13.2 Å². The van der Waals surface area contributed by atoms with Crippen LogP contribution >= 0.6 is 23.2 Å². The van der Waals surface area contributed by atoms with Crippen LogP contribution in [0.15, 0.2) is 22.2 Å². The van der Waals surface area contributed by atoms with Crippen molar-refractivity contribution in [2.45, 2.75) is 13.8 Å². The van der Waals surface area contributed by atoms with Gasteiger partial charge in [-0.3, -0.25) is 0 Å². The molecule has 0 heterocycles. The molecule has 0 aromatic heterocycles. The van der Waals surface area contributed by atoms with E-state index in [0.29, 0.717) is 13.2 Å². The summed E-state index contributed by atoms with van der Waals surface area (Å²) < 4.78 is 5.13. The second-order valence-electron chi connectivity index (χ2n) is 2.12. The van der Waals surface area contributed by atoms with Crippen LogP contribution in [0.3, 0.4) is 0 Å². The lowest BCUT2D eigenvalue weighted by Gasteiger charge is -1.95. The van der Waals surface area contributed by atoms with Crippen LogP contribution in [0.5, 0.6) is 0 Å². The quantitative estimate of drug-likeness (QED) is 0.625. The highest BCUT2D eigenvalue weighted by Gasteiger charge is 1.83. The molecule has 0 fully saturated rings. The molecule has 3 heteroatoms. The Morgan fingerprint density at radius 2 is 1.45 bits per heavy atom. The van der Waals surface area contributed by atoms with E-state index in [-0.39, 0.29) is 0 Å². The predicted molar refractivity (Wildman–Crippen MR) is 50.0 cm³/mol. The van der Waals surface area contributed by atoms with Crippen molar-refractivity contribution in [1.82, 2.24) is 0 Å². The van der Waals surface area contributed by atoms with Crippen LogP contribution in [0.25, 0.3) is 0 Å². The highest BCUT2D eigenvalue weighted by molar-refractivity contribution is 6.29. The van der Waals surface area contributed by atoms with E-state index in [9.17, 15) is 0 Å². The Bertz CT molecular complexity index is 135. The Morgan fingerprint density at radius 1 is 1.09 bits per heavy atom. The summed E-state index contributed by atoms with van der Waals surface area (Å²) in [6, 6.07) is 0. The fourth-order valence-corrected chi connectivity index (χ4v) is 0.542. The fraction of sp³-hybridized carbons (Fsp3) is 0.500. The van der Waals surface area contributed by atoms with Gasteiger partial charge < -0.3 is 4.74 Å². The summed E-state index contributed by atoms with van der Waals surface area (Å²) in [4.78, 5) is 0. The Balaban J connectivity index is 3.29. The Kier molecular flexibility index (Phi) is 6.73. The van der Waals surface area contributed by atoms with Crippen LogP contribution < -0.4 is 0 Å². The third-order valence-corrected chi connectivity index (χ3v) is 1.27. The Hall–Kier alpha value is 0.0200. The van der Waals surface area contributed by atoms with E-state index in [1.54, 1.807) is 12.2 Å². The second kappa shape index (κ2) is 6.71. The van der Waals surface area contributed by atoms with Crippen molar-refractivity contribution >= 4 is 23.2 Å². The van der Waals surface area contributed by atoms with E-state index in [0.717, 1.165) is 10.1 Å². The van der Waals surface area contributed by atoms with E-state index in [4.69, 9.17) is 27.9 Å². The highest BCUT2D eigenvalue weighted by atomic mass is 35.5. The summed E-state index contributed by atoms with van der Waals surface area (Å²) in [5.74, 6) is 0. The summed E-state index contributed by atoms with van der Waals surface area (Å²) in [7, 11) is 0. The summed E-state index contributed by atoms with van der Waals surface area (Å²) in [6.07, 6.45) is 3.61. The van der Waals surface area contributed by atoms with Gasteiger partial charge in [0.15, 0.2) is 0 Å². The lowest BCUT2D eigenvalue weighted by Crippen LogP contribution is -1.90. The number of ether oxygens (including phenoxy) is 1. The second-order valence-corrected chi connectivity index (χ2v) is 3.31. The molecule has 0 aromatic rings. The van der Waals surface area contributed by atoms with Gasteiger partial charge in [-0.05, 0) is 26.0 Å². The van der Waals surface area contributed by atoms with Crippen LogP contribution in [0.4, 0.5) is 0 Å². The number of allylic oxidation sites excluding steroid dienone is 2. The molecular weight excluding hydrogens is 183 g/mol. The van der Waals surface area contributed by atoms with E-state index in [2.05, 4.69) is 0 Å². The van der Waals surface area contributed by atoms with Crippen molar-refractivity contribution in [1.29, 1.82) is 0 Å². The molecule has 0 saturated heterocycles. The summed E-state index contributed by atoms with van der Waals surface area (Å²) in [5, 5.41) is 1.49. The molecule has 0 spiro atoms. The minimum absolute atomic E-state index is 0.538. The van der Waals surface area contributed by atoms with Crippen molar-refractivity contribution in [3.8, 4) is 0 Å². The van der Waals surface area contributed by atoms with Crippen molar-refractivity contribution in [2.75, 3.05) is 13.2 Å². The summed E-state index contributed by atoms with van der Waals surface area (Å²) >= 11 is 11.1. The van der Waals surface area contributed by atoms with Gasteiger partial charge in [0.2, 0.25) is 0 Å². The summed E-state index contributed by atoms with van der Waals surface area (Å²) in [6.45, 7) is 4.70. The van der Waals surface area contributed by atoms with Crippen molar-refractivity contribution in [3.63, 3.8) is 0 Å². The number of rotatable bonds is 4. The first-order chi connectivity index (χ1) is 5.13. The van der Waals surface area contributed by atoms with Gasteiger partial charge >= 0.3 is 0 Å². The molecule has 0 rings (SSSR count). The minimum Gasteiger partial charge on any atom is -0.373 e. The molecule has 0 aliphatic heterocycles. The maximum absolute atomic E-state index is 5.56. The molecule has 1 nitrogen and oxygen atoms in total. The smallest absolute Gasteiger partial charge is 0.0665 e. The first-order valence-corrected chi connectivity index (χ1v) is 4.11.